The minimum atomic E-state index is -0.191. The number of hydrogen-bond donors (Lipinski definition) is 1. The second-order valence-corrected chi connectivity index (χ2v) is 2.43. The smallest absolute Gasteiger partial charge is 0.243 e. The Morgan fingerprint density at radius 3 is 3.00 bits per heavy atom. The average Bonchev–Trinajstić information content (AvgIpc) is 2.47. The van der Waals surface area contributed by atoms with Gasteiger partial charge in [0.1, 0.15) is 11.5 Å². The first-order valence-electron chi connectivity index (χ1n) is 3.68. The van der Waals surface area contributed by atoms with Crippen LogP contribution in [0.3, 0.4) is 0 Å². The van der Waals surface area contributed by atoms with E-state index in [1.807, 2.05) is 19.1 Å². The monoisotopic (exact) mass is 165 g/mol. The van der Waals surface area contributed by atoms with Crippen molar-refractivity contribution < 1.29 is 9.21 Å². The lowest BCUT2D eigenvalue weighted by molar-refractivity contribution is -0.116. The quantitative estimate of drug-likeness (QED) is 0.688. The highest BCUT2D eigenvalue weighted by molar-refractivity contribution is 5.86. The number of carbonyl (C=O) groups is 1. The van der Waals surface area contributed by atoms with Gasteiger partial charge in [-0.15, -0.1) is 0 Å². The number of carbonyl (C=O) groups excluding carboxylic acids is 1. The van der Waals surface area contributed by atoms with Gasteiger partial charge in [0, 0.05) is 0 Å². The Hall–Kier alpha value is -1.51. The Morgan fingerprint density at radius 2 is 2.50 bits per heavy atom. The van der Waals surface area contributed by atoms with Crippen LogP contribution in [0.1, 0.15) is 11.5 Å². The maximum absolute atomic E-state index is 10.7. The fourth-order valence-corrected chi connectivity index (χ4v) is 0.827. The van der Waals surface area contributed by atoms with Crippen molar-refractivity contribution in [3.05, 3.63) is 36.3 Å². The van der Waals surface area contributed by atoms with Gasteiger partial charge in [0.15, 0.2) is 0 Å². The molecule has 0 aliphatic carbocycles. The van der Waals surface area contributed by atoms with Crippen molar-refractivity contribution in [1.82, 2.24) is 5.32 Å². The summed E-state index contributed by atoms with van der Waals surface area (Å²) in [7, 11) is 0. The topological polar surface area (TPSA) is 42.2 Å². The van der Waals surface area contributed by atoms with Crippen molar-refractivity contribution in [1.29, 1.82) is 0 Å². The van der Waals surface area contributed by atoms with Gasteiger partial charge in [0.25, 0.3) is 0 Å². The van der Waals surface area contributed by atoms with Crippen molar-refractivity contribution in [2.24, 2.45) is 0 Å². The SMILES string of the molecule is C=CC(=O)NCc1ccc(C)o1. The van der Waals surface area contributed by atoms with Crippen LogP contribution in [0, 0.1) is 6.92 Å². The number of furan rings is 1. The van der Waals surface area contributed by atoms with Crippen LogP contribution in [0.15, 0.2) is 29.2 Å². The van der Waals surface area contributed by atoms with E-state index in [1.54, 1.807) is 0 Å². The second-order valence-electron chi connectivity index (χ2n) is 2.43. The van der Waals surface area contributed by atoms with Crippen molar-refractivity contribution in [3.8, 4) is 0 Å². The van der Waals surface area contributed by atoms with Crippen molar-refractivity contribution in [2.45, 2.75) is 13.5 Å². The van der Waals surface area contributed by atoms with Crippen LogP contribution in [0.25, 0.3) is 0 Å². The van der Waals surface area contributed by atoms with Crippen molar-refractivity contribution in [2.75, 3.05) is 0 Å². The molecule has 0 aliphatic rings. The Morgan fingerprint density at radius 1 is 1.75 bits per heavy atom. The van der Waals surface area contributed by atoms with E-state index in [9.17, 15) is 4.79 Å². The minimum Gasteiger partial charge on any atom is -0.465 e. The van der Waals surface area contributed by atoms with Crippen LogP contribution in [-0.4, -0.2) is 5.91 Å². The molecule has 0 saturated heterocycles. The maximum atomic E-state index is 10.7. The molecule has 0 spiro atoms. The van der Waals surface area contributed by atoms with E-state index >= 15 is 0 Å². The van der Waals surface area contributed by atoms with E-state index in [0.29, 0.717) is 6.54 Å². The predicted molar refractivity (Wildman–Crippen MR) is 45.5 cm³/mol. The summed E-state index contributed by atoms with van der Waals surface area (Å²) in [6.45, 7) is 5.61. The van der Waals surface area contributed by atoms with Crippen LogP contribution >= 0.6 is 0 Å². The fraction of sp³-hybridized carbons (Fsp3) is 0.222. The highest BCUT2D eigenvalue weighted by Gasteiger charge is 1.98. The lowest BCUT2D eigenvalue weighted by Gasteiger charge is -1.97. The molecule has 0 radical (unpaired) electrons. The molecule has 3 heteroatoms. The molecule has 1 rings (SSSR count). The van der Waals surface area contributed by atoms with Crippen LogP contribution < -0.4 is 5.32 Å². The van der Waals surface area contributed by atoms with Gasteiger partial charge in [0.05, 0.1) is 6.54 Å². The number of rotatable bonds is 3. The zero-order valence-corrected chi connectivity index (χ0v) is 6.96. The average molecular weight is 165 g/mol. The van der Waals surface area contributed by atoms with Gasteiger partial charge in [-0.3, -0.25) is 4.79 Å². The van der Waals surface area contributed by atoms with Gasteiger partial charge in [-0.25, -0.2) is 0 Å². The summed E-state index contributed by atoms with van der Waals surface area (Å²) in [5.74, 6) is 1.41. The highest BCUT2D eigenvalue weighted by atomic mass is 16.3. The van der Waals surface area contributed by atoms with Gasteiger partial charge in [-0.2, -0.15) is 0 Å². The summed E-state index contributed by atoms with van der Waals surface area (Å²) in [5, 5.41) is 2.61. The Bertz CT molecular complexity index is 288. The van der Waals surface area contributed by atoms with E-state index in [2.05, 4.69) is 11.9 Å². The van der Waals surface area contributed by atoms with E-state index < -0.39 is 0 Å². The Kier molecular flexibility index (Phi) is 2.69. The molecule has 0 atom stereocenters. The molecule has 1 aromatic rings. The third-order valence-electron chi connectivity index (χ3n) is 1.42. The largest absolute Gasteiger partial charge is 0.465 e. The minimum absolute atomic E-state index is 0.191. The van der Waals surface area contributed by atoms with E-state index in [1.165, 1.54) is 6.08 Å². The molecule has 0 fully saturated rings. The molecule has 1 heterocycles. The molecule has 1 aromatic heterocycles. The zero-order valence-electron chi connectivity index (χ0n) is 6.96. The number of amides is 1. The Labute approximate surface area is 71.1 Å². The highest BCUT2D eigenvalue weighted by Crippen LogP contribution is 2.04. The van der Waals surface area contributed by atoms with Gasteiger partial charge in [-0.05, 0) is 25.1 Å². The molecule has 0 saturated carbocycles. The van der Waals surface area contributed by atoms with E-state index in [4.69, 9.17) is 4.42 Å². The second kappa shape index (κ2) is 3.76. The van der Waals surface area contributed by atoms with Crippen LogP contribution in [0.5, 0.6) is 0 Å². The first-order valence-corrected chi connectivity index (χ1v) is 3.68. The molecule has 0 unspecified atom stereocenters. The molecule has 12 heavy (non-hydrogen) atoms. The van der Waals surface area contributed by atoms with Gasteiger partial charge >= 0.3 is 0 Å². The molecule has 3 nitrogen and oxygen atoms in total. The molecule has 1 N–H and O–H groups in total. The number of nitrogens with one attached hydrogen (secondary N) is 1. The van der Waals surface area contributed by atoms with Gasteiger partial charge < -0.3 is 9.73 Å². The summed E-state index contributed by atoms with van der Waals surface area (Å²) >= 11 is 0. The van der Waals surface area contributed by atoms with Gasteiger partial charge in [-0.1, -0.05) is 6.58 Å². The zero-order chi connectivity index (χ0) is 8.97. The lowest BCUT2D eigenvalue weighted by Crippen LogP contribution is -2.19. The summed E-state index contributed by atoms with van der Waals surface area (Å²) in [6, 6.07) is 3.69. The standard InChI is InChI=1S/C9H11NO2/c1-3-9(11)10-6-8-5-4-7(2)12-8/h3-5H,1,6H2,2H3,(H,10,11). The first kappa shape index (κ1) is 8.59. The molecular formula is C9H11NO2. The van der Waals surface area contributed by atoms with E-state index in [-0.39, 0.29) is 5.91 Å². The lowest BCUT2D eigenvalue weighted by atomic mass is 10.4. The molecule has 1 amide bonds. The summed E-state index contributed by atoms with van der Waals surface area (Å²) in [5.41, 5.74) is 0. The number of hydrogen-bond acceptors (Lipinski definition) is 2. The fourth-order valence-electron chi connectivity index (χ4n) is 0.827. The molecule has 64 valence electrons. The number of aryl methyl sites for hydroxylation is 1. The molecule has 0 aliphatic heterocycles. The summed E-state index contributed by atoms with van der Waals surface area (Å²) in [4.78, 5) is 10.7. The normalized spacial score (nSPS) is 9.42. The molecule has 0 aromatic carbocycles. The van der Waals surface area contributed by atoms with Crippen LogP contribution in [-0.2, 0) is 11.3 Å². The van der Waals surface area contributed by atoms with Crippen molar-refractivity contribution >= 4 is 5.91 Å². The van der Waals surface area contributed by atoms with Crippen LogP contribution in [0.2, 0.25) is 0 Å². The Balaban J connectivity index is 2.43. The third-order valence-corrected chi connectivity index (χ3v) is 1.42. The van der Waals surface area contributed by atoms with Crippen LogP contribution in [0.4, 0.5) is 0 Å². The third kappa shape index (κ3) is 2.27. The summed E-state index contributed by atoms with van der Waals surface area (Å²) < 4.78 is 5.23. The van der Waals surface area contributed by atoms with E-state index in [0.717, 1.165) is 11.5 Å². The first-order chi connectivity index (χ1) is 5.72. The molecular weight excluding hydrogens is 154 g/mol. The van der Waals surface area contributed by atoms with Crippen molar-refractivity contribution in [3.63, 3.8) is 0 Å². The maximum Gasteiger partial charge on any atom is 0.243 e. The summed E-state index contributed by atoms with van der Waals surface area (Å²) in [6.07, 6.45) is 1.23. The predicted octanol–water partition coefficient (Wildman–Crippen LogP) is 1.39. The molecule has 0 bridgehead atoms. The van der Waals surface area contributed by atoms with Gasteiger partial charge in [0.2, 0.25) is 5.91 Å².